The number of hydrogen-bond donors (Lipinski definition) is 2. The van der Waals surface area contributed by atoms with E-state index in [1.807, 2.05) is 42.5 Å². The normalized spacial score (nSPS) is 16.2. The van der Waals surface area contributed by atoms with Gasteiger partial charge in [0, 0.05) is 38.4 Å². The van der Waals surface area contributed by atoms with Crippen LogP contribution in [0.3, 0.4) is 0 Å². The summed E-state index contributed by atoms with van der Waals surface area (Å²) in [7, 11) is 1.64. The van der Waals surface area contributed by atoms with Crippen molar-refractivity contribution in [2.75, 3.05) is 31.6 Å². The van der Waals surface area contributed by atoms with Crippen LogP contribution in [0.4, 0.5) is 5.82 Å². The molecule has 4 rings (SSSR count). The van der Waals surface area contributed by atoms with E-state index < -0.39 is 0 Å². The average molecular weight is 402 g/mol. The number of ether oxygens (including phenoxy) is 1. The molecule has 0 saturated carbocycles. The largest absolute Gasteiger partial charge is 0.497 e. The van der Waals surface area contributed by atoms with E-state index in [0.717, 1.165) is 36.8 Å². The predicted octanol–water partition coefficient (Wildman–Crippen LogP) is 3.17. The van der Waals surface area contributed by atoms with Crippen molar-refractivity contribution in [2.45, 2.75) is 12.6 Å². The average Bonchev–Trinajstić information content (AvgIpc) is 2.83. The number of nitrogens with zero attached hydrogens (tertiary/aromatic N) is 2. The van der Waals surface area contributed by atoms with E-state index in [2.05, 4.69) is 44.8 Å². The van der Waals surface area contributed by atoms with Crippen LogP contribution in [0.25, 0.3) is 0 Å². The number of anilines is 1. The fourth-order valence-electron chi connectivity index (χ4n) is 3.70. The number of aromatic nitrogens is 1. The molecule has 2 N–H and O–H groups in total. The first-order valence-electron chi connectivity index (χ1n) is 10.1. The van der Waals surface area contributed by atoms with Gasteiger partial charge in [-0.05, 0) is 35.4 Å². The molecule has 30 heavy (non-hydrogen) atoms. The molecule has 1 aliphatic heterocycles. The predicted molar refractivity (Wildman–Crippen MR) is 118 cm³/mol. The van der Waals surface area contributed by atoms with Crippen molar-refractivity contribution in [3.05, 3.63) is 89.6 Å². The minimum Gasteiger partial charge on any atom is -0.497 e. The van der Waals surface area contributed by atoms with Gasteiger partial charge in [0.25, 0.3) is 5.91 Å². The summed E-state index contributed by atoms with van der Waals surface area (Å²) < 4.78 is 5.18. The maximum atomic E-state index is 12.9. The number of piperazine rings is 1. The molecule has 1 atom stereocenters. The number of amides is 1. The lowest BCUT2D eigenvalue weighted by Gasteiger charge is -2.35. The smallest absolute Gasteiger partial charge is 0.255 e. The molecule has 0 spiro atoms. The number of hydrogen-bond acceptors (Lipinski definition) is 5. The maximum Gasteiger partial charge on any atom is 0.255 e. The van der Waals surface area contributed by atoms with Crippen LogP contribution in [0.2, 0.25) is 0 Å². The molecule has 6 heteroatoms. The van der Waals surface area contributed by atoms with Crippen LogP contribution in [0.1, 0.15) is 27.5 Å². The molecular formula is C24H26N4O2. The highest BCUT2D eigenvalue weighted by atomic mass is 16.5. The van der Waals surface area contributed by atoms with Crippen molar-refractivity contribution in [3.8, 4) is 5.75 Å². The molecule has 1 fully saturated rings. The summed E-state index contributed by atoms with van der Waals surface area (Å²) in [6.45, 7) is 2.85. The Morgan fingerprint density at radius 3 is 2.70 bits per heavy atom. The Bertz CT molecular complexity index is 976. The molecule has 1 amide bonds. The number of carbonyl (C=O) groups is 1. The molecule has 0 radical (unpaired) electrons. The van der Waals surface area contributed by atoms with Gasteiger partial charge >= 0.3 is 0 Å². The first-order chi connectivity index (χ1) is 14.7. The van der Waals surface area contributed by atoms with Gasteiger partial charge in [-0.15, -0.1) is 0 Å². The van der Waals surface area contributed by atoms with Crippen LogP contribution in [0, 0.1) is 0 Å². The molecule has 2 aromatic carbocycles. The molecule has 1 aliphatic rings. The number of methoxy groups -OCH3 is 1. The monoisotopic (exact) mass is 402 g/mol. The second kappa shape index (κ2) is 9.41. The Balaban J connectivity index is 1.46. The third-order valence-electron chi connectivity index (χ3n) is 5.32. The summed E-state index contributed by atoms with van der Waals surface area (Å²) >= 11 is 0. The summed E-state index contributed by atoms with van der Waals surface area (Å²) in [5, 5.41) is 6.57. The van der Waals surface area contributed by atoms with Crippen molar-refractivity contribution in [3.63, 3.8) is 0 Å². The highest BCUT2D eigenvalue weighted by molar-refractivity contribution is 5.98. The van der Waals surface area contributed by atoms with E-state index in [0.29, 0.717) is 12.1 Å². The highest BCUT2D eigenvalue weighted by Gasteiger charge is 2.25. The van der Waals surface area contributed by atoms with Crippen molar-refractivity contribution >= 4 is 11.7 Å². The standard InChI is InChI=1S/C24H26N4O2/c1-30-20-11-9-18(10-12-20)16-27-24(29)21-8-5-13-26-23(21)28-15-14-25-22(17-28)19-6-3-2-4-7-19/h2-13,22,25H,14-17H2,1H3,(H,27,29)/t22-/m1/s1. The third kappa shape index (κ3) is 4.60. The van der Waals surface area contributed by atoms with Crippen molar-refractivity contribution in [1.82, 2.24) is 15.6 Å². The van der Waals surface area contributed by atoms with Crippen LogP contribution in [0.5, 0.6) is 5.75 Å². The van der Waals surface area contributed by atoms with Gasteiger partial charge in [-0.25, -0.2) is 4.98 Å². The first-order valence-corrected chi connectivity index (χ1v) is 10.1. The fourth-order valence-corrected chi connectivity index (χ4v) is 3.70. The lowest BCUT2D eigenvalue weighted by Crippen LogP contribution is -2.46. The molecule has 1 aromatic heterocycles. The second-order valence-electron chi connectivity index (χ2n) is 7.27. The Morgan fingerprint density at radius 1 is 1.13 bits per heavy atom. The molecule has 6 nitrogen and oxygen atoms in total. The minimum atomic E-state index is -0.122. The molecule has 3 aromatic rings. The molecule has 154 valence electrons. The molecule has 0 aliphatic carbocycles. The van der Waals surface area contributed by atoms with Crippen LogP contribution in [-0.2, 0) is 6.54 Å². The Hall–Kier alpha value is -3.38. The molecule has 2 heterocycles. The van der Waals surface area contributed by atoms with E-state index in [1.165, 1.54) is 5.56 Å². The molecule has 0 unspecified atom stereocenters. The first kappa shape index (κ1) is 19.9. The van der Waals surface area contributed by atoms with E-state index >= 15 is 0 Å². The highest BCUT2D eigenvalue weighted by Crippen LogP contribution is 2.24. The lowest BCUT2D eigenvalue weighted by molar-refractivity contribution is 0.0951. The maximum absolute atomic E-state index is 12.9. The van der Waals surface area contributed by atoms with Gasteiger partial charge in [-0.2, -0.15) is 0 Å². The Labute approximate surface area is 176 Å². The summed E-state index contributed by atoms with van der Waals surface area (Å²) in [6.07, 6.45) is 1.75. The van der Waals surface area contributed by atoms with Crippen LogP contribution >= 0.6 is 0 Å². The summed E-state index contributed by atoms with van der Waals surface area (Å²) in [4.78, 5) is 19.7. The van der Waals surface area contributed by atoms with Gasteiger partial charge in [-0.3, -0.25) is 4.79 Å². The lowest BCUT2D eigenvalue weighted by atomic mass is 10.0. The molecular weight excluding hydrogens is 376 g/mol. The van der Waals surface area contributed by atoms with Gasteiger partial charge < -0.3 is 20.3 Å². The quantitative estimate of drug-likeness (QED) is 0.663. The van der Waals surface area contributed by atoms with E-state index in [-0.39, 0.29) is 11.9 Å². The SMILES string of the molecule is COc1ccc(CNC(=O)c2cccnc2N2CCN[C@@H](c3ccccc3)C2)cc1. The van der Waals surface area contributed by atoms with Crippen molar-refractivity contribution in [2.24, 2.45) is 0 Å². The van der Waals surface area contributed by atoms with Crippen LogP contribution in [-0.4, -0.2) is 37.6 Å². The second-order valence-corrected chi connectivity index (χ2v) is 7.27. The van der Waals surface area contributed by atoms with Gasteiger partial charge in [0.1, 0.15) is 11.6 Å². The van der Waals surface area contributed by atoms with Gasteiger partial charge in [0.05, 0.1) is 12.7 Å². The minimum absolute atomic E-state index is 0.122. The Kier molecular flexibility index (Phi) is 6.25. The van der Waals surface area contributed by atoms with E-state index in [9.17, 15) is 4.79 Å². The zero-order valence-corrected chi connectivity index (χ0v) is 17.0. The number of benzene rings is 2. The van der Waals surface area contributed by atoms with Crippen LogP contribution in [0.15, 0.2) is 72.9 Å². The summed E-state index contributed by atoms with van der Waals surface area (Å²) in [5.74, 6) is 1.40. The van der Waals surface area contributed by atoms with E-state index in [4.69, 9.17) is 4.74 Å². The van der Waals surface area contributed by atoms with E-state index in [1.54, 1.807) is 13.3 Å². The third-order valence-corrected chi connectivity index (χ3v) is 5.32. The topological polar surface area (TPSA) is 66.5 Å². The number of rotatable bonds is 6. The number of pyridine rings is 1. The molecule has 0 bridgehead atoms. The zero-order chi connectivity index (χ0) is 20.8. The number of carbonyl (C=O) groups excluding carboxylic acids is 1. The number of nitrogens with one attached hydrogen (secondary N) is 2. The van der Waals surface area contributed by atoms with Gasteiger partial charge in [0.2, 0.25) is 0 Å². The zero-order valence-electron chi connectivity index (χ0n) is 17.0. The summed E-state index contributed by atoms with van der Waals surface area (Å²) in [6, 6.07) is 21.9. The Morgan fingerprint density at radius 2 is 1.93 bits per heavy atom. The van der Waals surface area contributed by atoms with Gasteiger partial charge in [-0.1, -0.05) is 42.5 Å². The van der Waals surface area contributed by atoms with Crippen LogP contribution < -0.4 is 20.3 Å². The summed E-state index contributed by atoms with van der Waals surface area (Å²) in [5.41, 5.74) is 2.85. The van der Waals surface area contributed by atoms with Crippen molar-refractivity contribution in [1.29, 1.82) is 0 Å². The molecule has 1 saturated heterocycles. The van der Waals surface area contributed by atoms with Crippen molar-refractivity contribution < 1.29 is 9.53 Å². The fraction of sp³-hybridized carbons (Fsp3) is 0.250. The van der Waals surface area contributed by atoms with Gasteiger partial charge in [0.15, 0.2) is 0 Å².